The van der Waals surface area contributed by atoms with E-state index < -0.39 is 0 Å². The Labute approximate surface area is 183 Å². The second-order valence-electron chi connectivity index (χ2n) is 6.35. The van der Waals surface area contributed by atoms with E-state index in [-0.39, 0.29) is 0 Å². The molecule has 0 heterocycles. The summed E-state index contributed by atoms with van der Waals surface area (Å²) in [4.78, 5) is 0. The SMILES string of the molecule is Clc1c(Cl)c(Cl)c2ccccc2c1Cl.c1ccc2cc3ccccc3cc2c1. The zero-order chi connectivity index (χ0) is 19.7. The van der Waals surface area contributed by atoms with Gasteiger partial charge in [-0.05, 0) is 33.7 Å². The van der Waals surface area contributed by atoms with Gasteiger partial charge < -0.3 is 0 Å². The maximum Gasteiger partial charge on any atom is 0.0800 e. The summed E-state index contributed by atoms with van der Waals surface area (Å²) in [6, 6.07) is 28.9. The fourth-order valence-corrected chi connectivity index (χ4v) is 4.19. The van der Waals surface area contributed by atoms with Gasteiger partial charge in [-0.1, -0.05) is 119 Å². The summed E-state index contributed by atoms with van der Waals surface area (Å²) in [5.74, 6) is 0. The van der Waals surface area contributed by atoms with Crippen molar-refractivity contribution < 1.29 is 0 Å². The van der Waals surface area contributed by atoms with Crippen molar-refractivity contribution in [3.63, 3.8) is 0 Å². The number of hydrogen-bond acceptors (Lipinski definition) is 0. The number of halogens is 4. The van der Waals surface area contributed by atoms with Crippen LogP contribution < -0.4 is 0 Å². The van der Waals surface area contributed by atoms with Gasteiger partial charge in [0.05, 0.1) is 20.1 Å². The third-order valence-electron chi connectivity index (χ3n) is 4.59. The van der Waals surface area contributed by atoms with Gasteiger partial charge in [-0.3, -0.25) is 0 Å². The van der Waals surface area contributed by atoms with Gasteiger partial charge in [0, 0.05) is 10.8 Å². The predicted molar refractivity (Wildman–Crippen MR) is 125 cm³/mol. The molecule has 0 spiro atoms. The minimum Gasteiger partial charge on any atom is -0.0820 e. The highest BCUT2D eigenvalue weighted by Crippen LogP contribution is 2.42. The van der Waals surface area contributed by atoms with Crippen LogP contribution in [0.2, 0.25) is 20.1 Å². The fourth-order valence-electron chi connectivity index (χ4n) is 3.18. The highest BCUT2D eigenvalue weighted by molar-refractivity contribution is 6.55. The second-order valence-corrected chi connectivity index (χ2v) is 7.86. The zero-order valence-electron chi connectivity index (χ0n) is 14.6. The monoisotopic (exact) mass is 442 g/mol. The smallest absolute Gasteiger partial charge is 0.0800 e. The van der Waals surface area contributed by atoms with Crippen molar-refractivity contribution in [2.24, 2.45) is 0 Å². The van der Waals surface area contributed by atoms with E-state index in [0.717, 1.165) is 10.8 Å². The van der Waals surface area contributed by atoms with Crippen LogP contribution >= 0.6 is 46.4 Å². The number of fused-ring (bicyclic) bond motifs is 3. The lowest BCUT2D eigenvalue weighted by Gasteiger charge is -2.07. The topological polar surface area (TPSA) is 0 Å². The van der Waals surface area contributed by atoms with Crippen LogP contribution in [0.3, 0.4) is 0 Å². The van der Waals surface area contributed by atoms with Gasteiger partial charge in [-0.2, -0.15) is 0 Å². The largest absolute Gasteiger partial charge is 0.0820 e. The molecule has 28 heavy (non-hydrogen) atoms. The molecule has 5 rings (SSSR count). The third kappa shape index (κ3) is 3.66. The molecule has 0 atom stereocenters. The van der Waals surface area contributed by atoms with Crippen molar-refractivity contribution in [1.29, 1.82) is 0 Å². The first-order chi connectivity index (χ1) is 13.6. The summed E-state index contributed by atoms with van der Waals surface area (Å²) >= 11 is 23.9. The quantitative estimate of drug-likeness (QED) is 0.127. The molecule has 0 aliphatic heterocycles. The normalized spacial score (nSPS) is 10.9. The van der Waals surface area contributed by atoms with E-state index in [1.165, 1.54) is 21.5 Å². The number of benzene rings is 5. The van der Waals surface area contributed by atoms with Gasteiger partial charge in [-0.25, -0.2) is 0 Å². The van der Waals surface area contributed by atoms with Gasteiger partial charge in [0.2, 0.25) is 0 Å². The molecule has 0 bridgehead atoms. The highest BCUT2D eigenvalue weighted by Gasteiger charge is 2.13. The maximum atomic E-state index is 6.03. The molecule has 5 aromatic rings. The first-order valence-corrected chi connectivity index (χ1v) is 10.2. The van der Waals surface area contributed by atoms with E-state index in [0.29, 0.717) is 20.1 Å². The molecule has 0 radical (unpaired) electrons. The molecule has 0 nitrogen and oxygen atoms in total. The van der Waals surface area contributed by atoms with Crippen LogP contribution in [0, 0.1) is 0 Å². The second kappa shape index (κ2) is 8.19. The Morgan fingerprint density at radius 3 is 0.964 bits per heavy atom. The minimum absolute atomic E-state index is 0.303. The highest BCUT2D eigenvalue weighted by atomic mass is 35.5. The molecule has 0 saturated heterocycles. The van der Waals surface area contributed by atoms with Crippen molar-refractivity contribution >= 4 is 78.7 Å². The molecule has 4 heteroatoms. The number of rotatable bonds is 0. The van der Waals surface area contributed by atoms with Crippen molar-refractivity contribution in [3.05, 3.63) is 105 Å². The van der Waals surface area contributed by atoms with E-state index >= 15 is 0 Å². The average molecular weight is 444 g/mol. The fraction of sp³-hybridized carbons (Fsp3) is 0. The Balaban J connectivity index is 0.000000137. The zero-order valence-corrected chi connectivity index (χ0v) is 17.6. The van der Waals surface area contributed by atoms with Gasteiger partial charge in [0.15, 0.2) is 0 Å². The molecule has 0 saturated carbocycles. The van der Waals surface area contributed by atoms with Crippen LogP contribution in [0.15, 0.2) is 84.9 Å². The van der Waals surface area contributed by atoms with E-state index in [1.807, 2.05) is 24.3 Å². The number of hydrogen-bond donors (Lipinski definition) is 0. The lowest BCUT2D eigenvalue weighted by atomic mass is 10.0. The first-order valence-electron chi connectivity index (χ1n) is 8.64. The summed E-state index contributed by atoms with van der Waals surface area (Å²) in [6.45, 7) is 0. The van der Waals surface area contributed by atoms with Crippen LogP contribution in [0.4, 0.5) is 0 Å². The van der Waals surface area contributed by atoms with Crippen LogP contribution in [0.25, 0.3) is 32.3 Å². The van der Waals surface area contributed by atoms with E-state index in [2.05, 4.69) is 60.7 Å². The summed E-state index contributed by atoms with van der Waals surface area (Å²) in [7, 11) is 0. The van der Waals surface area contributed by atoms with Crippen LogP contribution in [-0.2, 0) is 0 Å². The molecule has 0 N–H and O–H groups in total. The molecule has 0 fully saturated rings. The lowest BCUT2D eigenvalue weighted by molar-refractivity contribution is 1.74. The maximum absolute atomic E-state index is 6.03. The van der Waals surface area contributed by atoms with Crippen molar-refractivity contribution in [2.45, 2.75) is 0 Å². The van der Waals surface area contributed by atoms with Crippen molar-refractivity contribution in [2.75, 3.05) is 0 Å². The van der Waals surface area contributed by atoms with Gasteiger partial charge >= 0.3 is 0 Å². The van der Waals surface area contributed by atoms with E-state index in [9.17, 15) is 0 Å². The molecule has 0 amide bonds. The van der Waals surface area contributed by atoms with Crippen LogP contribution in [-0.4, -0.2) is 0 Å². The summed E-state index contributed by atoms with van der Waals surface area (Å²) in [6.07, 6.45) is 0. The van der Waals surface area contributed by atoms with E-state index in [1.54, 1.807) is 0 Å². The Kier molecular flexibility index (Phi) is 5.66. The third-order valence-corrected chi connectivity index (χ3v) is 6.42. The Morgan fingerprint density at radius 2 is 0.643 bits per heavy atom. The molecule has 5 aromatic carbocycles. The van der Waals surface area contributed by atoms with Crippen molar-refractivity contribution in [1.82, 2.24) is 0 Å². The summed E-state index contributed by atoms with van der Waals surface area (Å²) in [5, 5.41) is 8.36. The molecule has 0 unspecified atom stereocenters. The van der Waals surface area contributed by atoms with Crippen molar-refractivity contribution in [3.8, 4) is 0 Å². The minimum atomic E-state index is 0.303. The van der Waals surface area contributed by atoms with Gasteiger partial charge in [0.1, 0.15) is 0 Å². The summed E-state index contributed by atoms with van der Waals surface area (Å²) < 4.78 is 0. The predicted octanol–water partition coefficient (Wildman–Crippen LogP) is 9.45. The molecular weight excluding hydrogens is 430 g/mol. The molecule has 0 aliphatic carbocycles. The average Bonchev–Trinajstić information content (AvgIpc) is 2.75. The molecule has 0 aromatic heterocycles. The molecule has 0 aliphatic rings. The Morgan fingerprint density at radius 1 is 0.357 bits per heavy atom. The van der Waals surface area contributed by atoms with Crippen LogP contribution in [0.1, 0.15) is 0 Å². The standard InChI is InChI=1S/C14H10.C10H4Cl4/c1-2-6-12-10-14-8-4-3-7-13(14)9-11(12)5-1;11-7-5-3-1-2-4-6(5)8(12)10(14)9(7)13/h1-10H;1-4H. The van der Waals surface area contributed by atoms with E-state index in [4.69, 9.17) is 46.4 Å². The van der Waals surface area contributed by atoms with Crippen LogP contribution in [0.5, 0.6) is 0 Å². The lowest BCUT2D eigenvalue weighted by Crippen LogP contribution is -1.80. The summed E-state index contributed by atoms with van der Waals surface area (Å²) in [5.41, 5.74) is 0. The van der Waals surface area contributed by atoms with Gasteiger partial charge in [0.25, 0.3) is 0 Å². The Bertz CT molecular complexity index is 1160. The molecule has 138 valence electrons. The first kappa shape index (κ1) is 19.4. The Hall–Kier alpha value is -1.96. The van der Waals surface area contributed by atoms with Gasteiger partial charge in [-0.15, -0.1) is 0 Å². The molecular formula is C24H14Cl4.